The Morgan fingerprint density at radius 2 is 1.92 bits per heavy atom. The van der Waals surface area contributed by atoms with Gasteiger partial charge in [0.25, 0.3) is 5.56 Å². The number of carbonyl (C=O) groups excluding carboxylic acids is 1. The van der Waals surface area contributed by atoms with E-state index in [0.717, 1.165) is 4.57 Å². The lowest BCUT2D eigenvalue weighted by Crippen LogP contribution is -2.39. The van der Waals surface area contributed by atoms with Gasteiger partial charge in [0.05, 0.1) is 12.8 Å². The lowest BCUT2D eigenvalue weighted by atomic mass is 10.2. The van der Waals surface area contributed by atoms with E-state index in [1.165, 1.54) is 32.7 Å². The quantitative estimate of drug-likeness (QED) is 0.842. The van der Waals surface area contributed by atoms with Crippen molar-refractivity contribution < 1.29 is 9.53 Å². The van der Waals surface area contributed by atoms with Crippen LogP contribution < -0.4 is 26.6 Å². The third-order valence-electron chi connectivity index (χ3n) is 3.55. The fourth-order valence-corrected chi connectivity index (χ4v) is 2.30. The third kappa shape index (κ3) is 3.37. The fourth-order valence-electron chi connectivity index (χ4n) is 2.30. The molecule has 0 aliphatic heterocycles. The van der Waals surface area contributed by atoms with Crippen molar-refractivity contribution >= 4 is 23.1 Å². The van der Waals surface area contributed by atoms with Crippen molar-refractivity contribution in [2.45, 2.75) is 6.92 Å². The number of hydrogen-bond acceptors (Lipinski definition) is 6. The predicted molar refractivity (Wildman–Crippen MR) is 92.2 cm³/mol. The Labute approximate surface area is 143 Å². The van der Waals surface area contributed by atoms with Crippen LogP contribution in [-0.2, 0) is 18.9 Å². The number of nitrogens with zero attached hydrogens (tertiary/aromatic N) is 3. The maximum absolute atomic E-state index is 12.1. The van der Waals surface area contributed by atoms with Crippen LogP contribution in [0.15, 0.2) is 27.8 Å². The summed E-state index contributed by atoms with van der Waals surface area (Å²) < 4.78 is 7.20. The molecule has 2 N–H and O–H groups in total. The van der Waals surface area contributed by atoms with Crippen LogP contribution in [0, 0.1) is 11.3 Å². The lowest BCUT2D eigenvalue weighted by Gasteiger charge is -2.15. The van der Waals surface area contributed by atoms with Crippen LogP contribution in [0.25, 0.3) is 0 Å². The highest BCUT2D eigenvalue weighted by Gasteiger charge is 2.16. The SMILES string of the molecule is COc1ccc(Nc2c(C#N)c(=O)n(C)c(=O)n2C)cc1NC(C)=O. The van der Waals surface area contributed by atoms with Gasteiger partial charge in [0.1, 0.15) is 17.6 Å². The summed E-state index contributed by atoms with van der Waals surface area (Å²) in [6.07, 6.45) is 0. The summed E-state index contributed by atoms with van der Waals surface area (Å²) in [7, 11) is 4.22. The first kappa shape index (κ1) is 17.8. The Morgan fingerprint density at radius 1 is 1.24 bits per heavy atom. The minimum atomic E-state index is -0.691. The zero-order valence-electron chi connectivity index (χ0n) is 14.2. The summed E-state index contributed by atoms with van der Waals surface area (Å²) in [5.41, 5.74) is -0.580. The van der Waals surface area contributed by atoms with Gasteiger partial charge in [-0.15, -0.1) is 0 Å². The van der Waals surface area contributed by atoms with Crippen LogP contribution in [0.4, 0.5) is 17.2 Å². The molecular weight excluding hydrogens is 326 g/mol. The van der Waals surface area contributed by atoms with Gasteiger partial charge in [-0.3, -0.25) is 18.7 Å². The van der Waals surface area contributed by atoms with E-state index in [-0.39, 0.29) is 17.3 Å². The Hall–Kier alpha value is -3.54. The second kappa shape index (κ2) is 6.92. The molecule has 0 aliphatic rings. The molecule has 0 unspecified atom stereocenters. The number of benzene rings is 1. The molecular formula is C16H17N5O4. The Bertz CT molecular complexity index is 997. The van der Waals surface area contributed by atoms with E-state index in [1.807, 2.05) is 6.07 Å². The lowest BCUT2D eigenvalue weighted by molar-refractivity contribution is -0.114. The van der Waals surface area contributed by atoms with Gasteiger partial charge in [-0.2, -0.15) is 5.26 Å². The maximum atomic E-state index is 12.1. The molecule has 0 fully saturated rings. The molecule has 2 aromatic rings. The topological polar surface area (TPSA) is 118 Å². The fraction of sp³-hybridized carbons (Fsp3) is 0.250. The summed E-state index contributed by atoms with van der Waals surface area (Å²) >= 11 is 0. The number of hydrogen-bond donors (Lipinski definition) is 2. The van der Waals surface area contributed by atoms with E-state index in [4.69, 9.17) is 4.74 Å². The molecule has 0 spiro atoms. The van der Waals surface area contributed by atoms with Gasteiger partial charge < -0.3 is 15.4 Å². The molecule has 0 radical (unpaired) electrons. The molecule has 9 nitrogen and oxygen atoms in total. The van der Waals surface area contributed by atoms with Crippen LogP contribution in [0.2, 0.25) is 0 Å². The number of nitrogens with one attached hydrogen (secondary N) is 2. The Morgan fingerprint density at radius 3 is 2.48 bits per heavy atom. The molecule has 1 aromatic heterocycles. The number of amides is 1. The van der Waals surface area contributed by atoms with E-state index >= 15 is 0 Å². The van der Waals surface area contributed by atoms with E-state index in [0.29, 0.717) is 17.1 Å². The van der Waals surface area contributed by atoms with Crippen molar-refractivity contribution in [2.75, 3.05) is 17.7 Å². The van der Waals surface area contributed by atoms with Crippen molar-refractivity contribution in [1.82, 2.24) is 9.13 Å². The number of ether oxygens (including phenoxy) is 1. The summed E-state index contributed by atoms with van der Waals surface area (Å²) in [4.78, 5) is 35.5. The monoisotopic (exact) mass is 343 g/mol. The molecule has 25 heavy (non-hydrogen) atoms. The summed E-state index contributed by atoms with van der Waals surface area (Å²) in [5, 5.41) is 14.8. The first-order valence-corrected chi connectivity index (χ1v) is 7.23. The van der Waals surface area contributed by atoms with E-state index in [1.54, 1.807) is 18.2 Å². The van der Waals surface area contributed by atoms with Crippen molar-refractivity contribution in [3.63, 3.8) is 0 Å². The first-order valence-electron chi connectivity index (χ1n) is 7.23. The summed E-state index contributed by atoms with van der Waals surface area (Å²) in [6.45, 7) is 1.36. The molecule has 0 atom stereocenters. The van der Waals surface area contributed by atoms with E-state index in [2.05, 4.69) is 10.6 Å². The van der Waals surface area contributed by atoms with Crippen LogP contribution in [0.1, 0.15) is 12.5 Å². The zero-order chi connectivity index (χ0) is 18.7. The minimum absolute atomic E-state index is 0.0644. The number of aromatic nitrogens is 2. The van der Waals surface area contributed by atoms with Gasteiger partial charge in [-0.05, 0) is 18.2 Å². The van der Waals surface area contributed by atoms with Gasteiger partial charge in [-0.1, -0.05) is 0 Å². The van der Waals surface area contributed by atoms with Crippen molar-refractivity contribution in [3.05, 3.63) is 44.6 Å². The van der Waals surface area contributed by atoms with Crippen LogP contribution in [-0.4, -0.2) is 22.2 Å². The molecule has 0 aliphatic carbocycles. The van der Waals surface area contributed by atoms with E-state index < -0.39 is 11.2 Å². The zero-order valence-corrected chi connectivity index (χ0v) is 14.2. The second-order valence-corrected chi connectivity index (χ2v) is 5.26. The standard InChI is InChI=1S/C16H17N5O4/c1-9(22)18-12-7-10(5-6-13(12)25-4)19-14-11(8-17)15(23)21(3)16(24)20(14)2/h5-7,19H,1-4H3,(H,18,22). The predicted octanol–water partition coefficient (Wildman–Crippen LogP) is 0.666. The largest absolute Gasteiger partial charge is 0.495 e. The van der Waals surface area contributed by atoms with Gasteiger partial charge in [-0.25, -0.2) is 4.79 Å². The minimum Gasteiger partial charge on any atom is -0.495 e. The van der Waals surface area contributed by atoms with Crippen LogP contribution in [0.3, 0.4) is 0 Å². The Kier molecular flexibility index (Phi) is 4.93. The molecule has 9 heteroatoms. The van der Waals surface area contributed by atoms with E-state index in [9.17, 15) is 19.6 Å². The van der Waals surface area contributed by atoms with Crippen LogP contribution >= 0.6 is 0 Å². The molecule has 1 amide bonds. The highest BCUT2D eigenvalue weighted by molar-refractivity contribution is 5.91. The number of anilines is 3. The highest BCUT2D eigenvalue weighted by Crippen LogP contribution is 2.29. The van der Waals surface area contributed by atoms with Crippen molar-refractivity contribution in [1.29, 1.82) is 5.26 Å². The molecule has 0 saturated heterocycles. The van der Waals surface area contributed by atoms with Gasteiger partial charge in [0.15, 0.2) is 5.56 Å². The van der Waals surface area contributed by atoms with Crippen molar-refractivity contribution in [3.8, 4) is 11.8 Å². The van der Waals surface area contributed by atoms with Crippen LogP contribution in [0.5, 0.6) is 5.75 Å². The van der Waals surface area contributed by atoms with Gasteiger partial charge >= 0.3 is 5.69 Å². The average molecular weight is 343 g/mol. The number of methoxy groups -OCH3 is 1. The maximum Gasteiger partial charge on any atom is 0.332 e. The van der Waals surface area contributed by atoms with Gasteiger partial charge in [0, 0.05) is 26.7 Å². The number of rotatable bonds is 4. The number of carbonyl (C=O) groups is 1. The highest BCUT2D eigenvalue weighted by atomic mass is 16.5. The molecule has 1 heterocycles. The van der Waals surface area contributed by atoms with Gasteiger partial charge in [0.2, 0.25) is 5.91 Å². The molecule has 1 aromatic carbocycles. The first-order chi connectivity index (χ1) is 11.8. The van der Waals surface area contributed by atoms with Crippen molar-refractivity contribution in [2.24, 2.45) is 14.1 Å². The average Bonchev–Trinajstić information content (AvgIpc) is 2.58. The normalized spacial score (nSPS) is 10.0. The molecule has 0 saturated carbocycles. The summed E-state index contributed by atoms with van der Waals surface area (Å²) in [5.74, 6) is 0.225. The molecule has 130 valence electrons. The number of nitriles is 1. The second-order valence-electron chi connectivity index (χ2n) is 5.26. The Balaban J connectivity index is 2.58. The summed E-state index contributed by atoms with van der Waals surface area (Å²) in [6, 6.07) is 6.63. The molecule has 2 rings (SSSR count). The molecule has 0 bridgehead atoms. The smallest absolute Gasteiger partial charge is 0.332 e. The third-order valence-corrected chi connectivity index (χ3v) is 3.55.